The van der Waals surface area contributed by atoms with E-state index < -0.39 is 0 Å². The lowest BCUT2D eigenvalue weighted by Gasteiger charge is -2.28. The van der Waals surface area contributed by atoms with Crippen molar-refractivity contribution in [2.45, 2.75) is 116 Å². The zero-order valence-electron chi connectivity index (χ0n) is 23.5. The number of nitrogens with zero attached hydrogens (tertiary/aromatic N) is 2. The van der Waals surface area contributed by atoms with Crippen molar-refractivity contribution in [3.63, 3.8) is 0 Å². The Morgan fingerprint density at radius 3 is 2.30 bits per heavy atom. The molecule has 1 fully saturated rings. The summed E-state index contributed by atoms with van der Waals surface area (Å²) in [5, 5.41) is 0. The predicted molar refractivity (Wildman–Crippen MR) is 156 cm³/mol. The molecule has 2 aromatic rings. The first-order valence-corrected chi connectivity index (χ1v) is 15.1. The van der Waals surface area contributed by atoms with E-state index in [1.54, 1.807) is 12.4 Å². The molecule has 1 aliphatic heterocycles. The lowest BCUT2D eigenvalue weighted by molar-refractivity contribution is -0.0185. The summed E-state index contributed by atoms with van der Waals surface area (Å²) in [7, 11) is 0. The van der Waals surface area contributed by atoms with Gasteiger partial charge in [-0.25, -0.2) is 9.97 Å². The van der Waals surface area contributed by atoms with Crippen molar-refractivity contribution in [2.75, 3.05) is 13.2 Å². The smallest absolute Gasteiger partial charge is 0.159 e. The van der Waals surface area contributed by atoms with E-state index in [9.17, 15) is 0 Å². The molecule has 0 N–H and O–H groups in total. The fraction of sp³-hybridized carbons (Fsp3) is 0.636. The molecule has 3 rings (SSSR count). The predicted octanol–water partition coefficient (Wildman–Crippen LogP) is 9.44. The Bertz CT molecular complexity index is 857. The van der Waals surface area contributed by atoms with E-state index in [0.717, 1.165) is 43.2 Å². The molecule has 0 bridgehead atoms. The minimum Gasteiger partial charge on any atom is -0.490 e. The molecule has 1 aromatic carbocycles. The molecule has 4 nitrogen and oxygen atoms in total. The molecule has 2 heterocycles. The molecule has 204 valence electrons. The van der Waals surface area contributed by atoms with Gasteiger partial charge in [-0.2, -0.15) is 0 Å². The molecule has 2 atom stereocenters. The average molecular weight is 507 g/mol. The lowest BCUT2D eigenvalue weighted by atomic mass is 9.93. The van der Waals surface area contributed by atoms with Gasteiger partial charge in [0.1, 0.15) is 0 Å². The van der Waals surface area contributed by atoms with Crippen LogP contribution in [0, 0.1) is 5.92 Å². The summed E-state index contributed by atoms with van der Waals surface area (Å²) in [6.07, 6.45) is 27.8. The minimum atomic E-state index is 0.479. The van der Waals surface area contributed by atoms with E-state index in [1.165, 1.54) is 89.0 Å². The van der Waals surface area contributed by atoms with Crippen LogP contribution in [-0.2, 0) is 4.74 Å². The molecule has 0 amide bonds. The second-order valence-electron chi connectivity index (χ2n) is 10.8. The summed E-state index contributed by atoms with van der Waals surface area (Å²) in [5.41, 5.74) is 2.25. The summed E-state index contributed by atoms with van der Waals surface area (Å²) < 4.78 is 11.8. The van der Waals surface area contributed by atoms with Crippen LogP contribution < -0.4 is 4.74 Å². The van der Waals surface area contributed by atoms with Crippen LogP contribution in [0.25, 0.3) is 17.5 Å². The second kappa shape index (κ2) is 18.1. The number of benzene rings is 1. The first-order valence-electron chi connectivity index (χ1n) is 15.1. The SMILES string of the molecule is CCCCCCCCCCCOc1cnc(-c2ccc(/C=C/CCCC(C)C3CCCCO3)cc2)nc1. The molecule has 37 heavy (non-hydrogen) atoms. The first kappa shape index (κ1) is 29.4. The van der Waals surface area contributed by atoms with Crippen molar-refractivity contribution in [1.82, 2.24) is 9.97 Å². The summed E-state index contributed by atoms with van der Waals surface area (Å²) in [6.45, 7) is 6.31. The lowest BCUT2D eigenvalue weighted by Crippen LogP contribution is -2.26. The second-order valence-corrected chi connectivity index (χ2v) is 10.8. The number of allylic oxidation sites excluding steroid dienone is 1. The van der Waals surface area contributed by atoms with E-state index in [-0.39, 0.29) is 0 Å². The maximum atomic E-state index is 5.93. The largest absolute Gasteiger partial charge is 0.490 e. The van der Waals surface area contributed by atoms with Crippen LogP contribution in [0.1, 0.15) is 116 Å². The quantitative estimate of drug-likeness (QED) is 0.189. The van der Waals surface area contributed by atoms with Crippen molar-refractivity contribution in [3.8, 4) is 17.1 Å². The first-order chi connectivity index (χ1) is 18.3. The Hall–Kier alpha value is -2.20. The number of unbranched alkanes of at least 4 members (excludes halogenated alkanes) is 9. The van der Waals surface area contributed by atoms with Crippen molar-refractivity contribution in [1.29, 1.82) is 0 Å². The Balaban J connectivity index is 1.29. The Morgan fingerprint density at radius 1 is 0.919 bits per heavy atom. The van der Waals surface area contributed by atoms with Crippen LogP contribution >= 0.6 is 0 Å². The highest BCUT2D eigenvalue weighted by atomic mass is 16.5. The molecule has 1 saturated heterocycles. The summed E-state index contributed by atoms with van der Waals surface area (Å²) in [6, 6.07) is 8.48. The normalized spacial score (nSPS) is 16.8. The Morgan fingerprint density at radius 2 is 1.62 bits per heavy atom. The van der Waals surface area contributed by atoms with Crippen molar-refractivity contribution >= 4 is 6.08 Å². The summed E-state index contributed by atoms with van der Waals surface area (Å²) >= 11 is 0. The zero-order chi connectivity index (χ0) is 26.0. The molecular formula is C33H50N2O2. The highest BCUT2D eigenvalue weighted by molar-refractivity contribution is 5.59. The zero-order valence-corrected chi connectivity index (χ0v) is 23.5. The molecular weight excluding hydrogens is 456 g/mol. The molecule has 1 aromatic heterocycles. The van der Waals surface area contributed by atoms with Gasteiger partial charge in [0, 0.05) is 12.2 Å². The van der Waals surface area contributed by atoms with E-state index in [0.29, 0.717) is 12.0 Å². The maximum Gasteiger partial charge on any atom is 0.159 e. The van der Waals surface area contributed by atoms with Gasteiger partial charge in [0.15, 0.2) is 11.6 Å². The summed E-state index contributed by atoms with van der Waals surface area (Å²) in [4.78, 5) is 9.04. The number of hydrogen-bond acceptors (Lipinski definition) is 4. The molecule has 4 heteroatoms. The topological polar surface area (TPSA) is 44.2 Å². The van der Waals surface area contributed by atoms with Gasteiger partial charge in [-0.1, -0.05) is 102 Å². The highest BCUT2D eigenvalue weighted by Crippen LogP contribution is 2.24. The third kappa shape index (κ3) is 11.8. The molecule has 0 radical (unpaired) electrons. The highest BCUT2D eigenvalue weighted by Gasteiger charge is 2.19. The van der Waals surface area contributed by atoms with Crippen LogP contribution in [0.15, 0.2) is 42.7 Å². The van der Waals surface area contributed by atoms with Crippen molar-refractivity contribution in [2.24, 2.45) is 5.92 Å². The maximum absolute atomic E-state index is 5.93. The van der Waals surface area contributed by atoms with E-state index >= 15 is 0 Å². The van der Waals surface area contributed by atoms with Gasteiger partial charge in [-0.15, -0.1) is 0 Å². The van der Waals surface area contributed by atoms with Gasteiger partial charge >= 0.3 is 0 Å². The van der Waals surface area contributed by atoms with Gasteiger partial charge in [-0.05, 0) is 56.4 Å². The number of hydrogen-bond donors (Lipinski definition) is 0. The summed E-state index contributed by atoms with van der Waals surface area (Å²) in [5.74, 6) is 2.16. The fourth-order valence-electron chi connectivity index (χ4n) is 5.06. The van der Waals surface area contributed by atoms with Gasteiger partial charge in [0.05, 0.1) is 25.1 Å². The fourth-order valence-corrected chi connectivity index (χ4v) is 5.06. The molecule has 0 spiro atoms. The molecule has 2 unspecified atom stereocenters. The van der Waals surface area contributed by atoms with Gasteiger partial charge < -0.3 is 9.47 Å². The average Bonchev–Trinajstić information content (AvgIpc) is 2.95. The van der Waals surface area contributed by atoms with E-state index in [4.69, 9.17) is 9.47 Å². The Labute approximate surface area is 226 Å². The minimum absolute atomic E-state index is 0.479. The van der Waals surface area contributed by atoms with Crippen LogP contribution in [0.5, 0.6) is 5.75 Å². The van der Waals surface area contributed by atoms with Gasteiger partial charge in [0.2, 0.25) is 0 Å². The molecule has 1 aliphatic rings. The van der Waals surface area contributed by atoms with Crippen molar-refractivity contribution < 1.29 is 9.47 Å². The Kier molecular flexibility index (Phi) is 14.4. The monoisotopic (exact) mass is 506 g/mol. The van der Waals surface area contributed by atoms with Gasteiger partial charge in [0.25, 0.3) is 0 Å². The van der Waals surface area contributed by atoms with Crippen LogP contribution in [0.3, 0.4) is 0 Å². The third-order valence-electron chi connectivity index (χ3n) is 7.50. The number of ether oxygens (including phenoxy) is 2. The van der Waals surface area contributed by atoms with Crippen LogP contribution in [-0.4, -0.2) is 29.3 Å². The van der Waals surface area contributed by atoms with Gasteiger partial charge in [-0.3, -0.25) is 0 Å². The van der Waals surface area contributed by atoms with E-state index in [1.807, 2.05) is 0 Å². The third-order valence-corrected chi connectivity index (χ3v) is 7.50. The standard InChI is InChI=1S/C33H50N2O2/c1-3-4-5-6-7-8-9-10-15-24-36-31-26-34-33(35-27-31)30-22-20-29(21-23-30)18-13-11-12-17-28(2)32-19-14-16-25-37-32/h13,18,20-23,26-28,32H,3-12,14-17,19,24-25H2,1-2H3/b18-13+. The van der Waals surface area contributed by atoms with E-state index in [2.05, 4.69) is 60.2 Å². The number of rotatable bonds is 18. The molecule has 0 aliphatic carbocycles. The van der Waals surface area contributed by atoms with Crippen LogP contribution in [0.4, 0.5) is 0 Å². The van der Waals surface area contributed by atoms with Crippen LogP contribution in [0.2, 0.25) is 0 Å². The number of aromatic nitrogens is 2. The van der Waals surface area contributed by atoms with Crippen molar-refractivity contribution in [3.05, 3.63) is 48.3 Å². The molecule has 0 saturated carbocycles.